The Balaban J connectivity index is 1.95. The second-order valence-corrected chi connectivity index (χ2v) is 9.84. The van der Waals surface area contributed by atoms with Crippen molar-refractivity contribution in [3.05, 3.63) is 57.1 Å². The van der Waals surface area contributed by atoms with Crippen molar-refractivity contribution in [3.8, 4) is 0 Å². The molecule has 3 rings (SSSR count). The Kier molecular flexibility index (Phi) is 6.43. The second kappa shape index (κ2) is 8.45. The number of benzene rings is 1. The quantitative estimate of drug-likeness (QED) is 0.494. The zero-order valence-electron chi connectivity index (χ0n) is 14.5. The van der Waals surface area contributed by atoms with E-state index < -0.39 is 10.1 Å². The van der Waals surface area contributed by atoms with Gasteiger partial charge in [0.2, 0.25) is 5.52 Å². The van der Waals surface area contributed by atoms with Crippen molar-refractivity contribution >= 4 is 60.9 Å². The molecule has 27 heavy (non-hydrogen) atoms. The molecule has 0 fully saturated rings. The average Bonchev–Trinajstić information content (AvgIpc) is 2.92. The van der Waals surface area contributed by atoms with Crippen molar-refractivity contribution in [2.75, 3.05) is 5.75 Å². The van der Waals surface area contributed by atoms with E-state index in [2.05, 4.69) is 0 Å². The molecule has 0 unspecified atom stereocenters. The number of thiazole rings is 1. The number of fused-ring (bicyclic) bond motifs is 1. The summed E-state index contributed by atoms with van der Waals surface area (Å²) in [5, 5.41) is 2.22. The van der Waals surface area contributed by atoms with Crippen LogP contribution in [0.25, 0.3) is 16.3 Å². The fourth-order valence-electron chi connectivity index (χ4n) is 3.06. The molecule has 1 aromatic carbocycles. The minimum Gasteiger partial charge on any atom is -0.286 e. The SMILES string of the molecule is [CH]=C1CCCC(/C=C/c2sc3cc(Cl)ccc3[n+]2CCCS(=O)(=O)O)=C1Cl. The van der Waals surface area contributed by atoms with Crippen LogP contribution in [0.3, 0.4) is 0 Å². The summed E-state index contributed by atoms with van der Waals surface area (Å²) >= 11 is 14.0. The number of hydrogen-bond acceptors (Lipinski definition) is 3. The van der Waals surface area contributed by atoms with Gasteiger partial charge >= 0.3 is 0 Å². The molecule has 8 heteroatoms. The molecule has 143 valence electrons. The van der Waals surface area contributed by atoms with Crippen molar-refractivity contribution in [1.82, 2.24) is 0 Å². The molecule has 4 nitrogen and oxygen atoms in total. The number of rotatable bonds is 6. The van der Waals surface area contributed by atoms with E-state index >= 15 is 0 Å². The highest BCUT2D eigenvalue weighted by atomic mass is 35.5. The predicted molar refractivity (Wildman–Crippen MR) is 112 cm³/mol. The molecule has 2 aromatic rings. The molecule has 0 saturated carbocycles. The van der Waals surface area contributed by atoms with Gasteiger partial charge in [-0.15, -0.1) is 0 Å². The van der Waals surface area contributed by atoms with Gasteiger partial charge in [0.25, 0.3) is 15.1 Å². The summed E-state index contributed by atoms with van der Waals surface area (Å²) in [6.07, 6.45) is 6.91. The molecule has 0 aliphatic heterocycles. The van der Waals surface area contributed by atoms with Crippen LogP contribution in [0.5, 0.6) is 0 Å². The van der Waals surface area contributed by atoms with Crippen LogP contribution in [0.4, 0.5) is 0 Å². The number of allylic oxidation sites excluding steroid dienone is 4. The third kappa shape index (κ3) is 5.21. The van der Waals surface area contributed by atoms with Gasteiger partial charge in [0.15, 0.2) is 6.54 Å². The van der Waals surface area contributed by atoms with Gasteiger partial charge in [-0.25, -0.2) is 0 Å². The minimum atomic E-state index is -3.98. The molecule has 0 amide bonds. The van der Waals surface area contributed by atoms with Crippen molar-refractivity contribution in [2.45, 2.75) is 32.2 Å². The summed E-state index contributed by atoms with van der Waals surface area (Å²) in [6.45, 7) is 6.41. The molecule has 1 aliphatic rings. The summed E-state index contributed by atoms with van der Waals surface area (Å²) in [7, 11) is -3.98. The lowest BCUT2D eigenvalue weighted by Gasteiger charge is -2.14. The van der Waals surface area contributed by atoms with Crippen LogP contribution in [-0.4, -0.2) is 18.7 Å². The van der Waals surface area contributed by atoms with E-state index in [4.69, 9.17) is 34.3 Å². The largest absolute Gasteiger partial charge is 0.286 e. The second-order valence-electron chi connectivity index (χ2n) is 6.39. The summed E-state index contributed by atoms with van der Waals surface area (Å²) in [5.41, 5.74) is 2.68. The van der Waals surface area contributed by atoms with Crippen LogP contribution in [-0.2, 0) is 16.7 Å². The van der Waals surface area contributed by atoms with Crippen LogP contribution < -0.4 is 4.57 Å². The lowest BCUT2D eigenvalue weighted by molar-refractivity contribution is -0.668. The van der Waals surface area contributed by atoms with E-state index in [0.717, 1.165) is 40.1 Å². The van der Waals surface area contributed by atoms with Crippen molar-refractivity contribution in [1.29, 1.82) is 0 Å². The fourth-order valence-corrected chi connectivity index (χ4v) is 5.17. The van der Waals surface area contributed by atoms with Gasteiger partial charge in [0.05, 0.1) is 5.75 Å². The molecular formula is C19H19Cl2NO3S2+. The molecule has 0 bridgehead atoms. The molecule has 0 saturated heterocycles. The first kappa shape index (κ1) is 20.6. The minimum absolute atomic E-state index is 0.281. The fraction of sp³-hybridized carbons (Fsp3) is 0.316. The Morgan fingerprint density at radius 1 is 1.26 bits per heavy atom. The number of halogens is 2. The van der Waals surface area contributed by atoms with E-state index in [9.17, 15) is 8.42 Å². The lowest BCUT2D eigenvalue weighted by Crippen LogP contribution is -2.36. The van der Waals surface area contributed by atoms with E-state index in [1.807, 2.05) is 28.9 Å². The molecule has 1 radical (unpaired) electrons. The van der Waals surface area contributed by atoms with Gasteiger partial charge < -0.3 is 0 Å². The molecule has 0 atom stereocenters. The Bertz CT molecular complexity index is 1050. The number of nitrogens with zero attached hydrogens (tertiary/aromatic N) is 1. The van der Waals surface area contributed by atoms with E-state index in [1.165, 1.54) is 0 Å². The van der Waals surface area contributed by atoms with Crippen molar-refractivity contribution in [3.63, 3.8) is 0 Å². The smallest absolute Gasteiger partial charge is 0.265 e. The average molecular weight is 444 g/mol. The van der Waals surface area contributed by atoms with Gasteiger partial charge in [-0.3, -0.25) is 4.55 Å². The molecule has 1 aromatic heterocycles. The highest BCUT2D eigenvalue weighted by Gasteiger charge is 2.20. The maximum absolute atomic E-state index is 11.0. The summed E-state index contributed by atoms with van der Waals surface area (Å²) in [4.78, 5) is 0. The molecular weight excluding hydrogens is 425 g/mol. The first-order valence-electron chi connectivity index (χ1n) is 8.50. The van der Waals surface area contributed by atoms with E-state index in [-0.39, 0.29) is 5.75 Å². The predicted octanol–water partition coefficient (Wildman–Crippen LogP) is 5.17. The number of aromatic nitrogens is 1. The lowest BCUT2D eigenvalue weighted by atomic mass is 9.96. The zero-order chi connectivity index (χ0) is 19.6. The maximum atomic E-state index is 11.0. The summed E-state index contributed by atoms with van der Waals surface area (Å²) < 4.78 is 34.1. The number of aryl methyl sites for hydroxylation is 1. The summed E-state index contributed by atoms with van der Waals surface area (Å²) in [5.74, 6) is -0.281. The molecule has 0 spiro atoms. The van der Waals surface area contributed by atoms with E-state index in [1.54, 1.807) is 17.4 Å². The Labute approximate surface area is 173 Å². The normalized spacial score (nSPS) is 16.0. The zero-order valence-corrected chi connectivity index (χ0v) is 17.6. The van der Waals surface area contributed by atoms with Gasteiger partial charge in [0, 0.05) is 28.6 Å². The highest BCUT2D eigenvalue weighted by molar-refractivity contribution is 7.85. The third-order valence-electron chi connectivity index (χ3n) is 4.36. The van der Waals surface area contributed by atoms with Gasteiger partial charge in [-0.1, -0.05) is 47.2 Å². The van der Waals surface area contributed by atoms with Gasteiger partial charge in [-0.2, -0.15) is 13.0 Å². The van der Waals surface area contributed by atoms with Crippen LogP contribution in [0.15, 0.2) is 40.5 Å². The standard InChI is InChI=1S/C19H18Cl2NO3S2/c1-13-4-2-5-14(19(13)21)6-9-18-22(10-3-11-27(23,24)25)16-8-7-15(20)12-17(16)26-18/h1,6-9,12H,2-5,10-11H2/p+1/b9-6+,13-1?. The molecule has 1 aliphatic carbocycles. The Morgan fingerprint density at radius 3 is 2.78 bits per heavy atom. The molecule has 1 heterocycles. The van der Waals surface area contributed by atoms with Crippen LogP contribution in [0.2, 0.25) is 5.02 Å². The first-order valence-corrected chi connectivity index (χ1v) is 11.7. The third-order valence-corrected chi connectivity index (χ3v) is 7.00. The van der Waals surface area contributed by atoms with Crippen LogP contribution in [0, 0.1) is 6.58 Å². The Hall–Kier alpha value is -1.18. The van der Waals surface area contributed by atoms with Crippen LogP contribution >= 0.6 is 34.5 Å². The maximum Gasteiger partial charge on any atom is 0.265 e. The monoisotopic (exact) mass is 443 g/mol. The topological polar surface area (TPSA) is 58.2 Å². The van der Waals surface area contributed by atoms with Crippen molar-refractivity contribution in [2.24, 2.45) is 0 Å². The Morgan fingerprint density at radius 2 is 2.04 bits per heavy atom. The number of hydrogen-bond donors (Lipinski definition) is 1. The van der Waals surface area contributed by atoms with Gasteiger partial charge in [-0.05, 0) is 42.5 Å². The van der Waals surface area contributed by atoms with Crippen LogP contribution in [0.1, 0.15) is 30.7 Å². The van der Waals surface area contributed by atoms with Crippen molar-refractivity contribution < 1.29 is 17.5 Å². The van der Waals surface area contributed by atoms with E-state index in [0.29, 0.717) is 28.6 Å². The highest BCUT2D eigenvalue weighted by Crippen LogP contribution is 2.32. The summed E-state index contributed by atoms with van der Waals surface area (Å²) in [6, 6.07) is 5.61. The molecule has 1 N–H and O–H groups in total. The van der Waals surface area contributed by atoms with Gasteiger partial charge in [0.1, 0.15) is 4.70 Å². The first-order chi connectivity index (χ1) is 12.7.